The van der Waals surface area contributed by atoms with Crippen LogP contribution >= 0.6 is 11.6 Å². The minimum Gasteiger partial charge on any atom is -0.497 e. The van der Waals surface area contributed by atoms with Crippen molar-refractivity contribution in [3.63, 3.8) is 0 Å². The zero-order valence-corrected chi connectivity index (χ0v) is 22.9. The van der Waals surface area contributed by atoms with Crippen LogP contribution < -0.4 is 25.7 Å². The standard InChI is InChI=1S/C30H38ClN3O4/c1-36-24-7-9-28-25(17-24)27(18-30(35)38-28)33-23-10-13-34(14-11-23)20-22-6-8-29(26(31)16-22)37-15-3-5-21-4-2-12-32-19-21/h6-9,16-18,21,23,32-33H,2-5,10-15,19-20H2,1H3. The van der Waals surface area contributed by atoms with Crippen molar-refractivity contribution in [1.82, 2.24) is 10.2 Å². The Morgan fingerprint density at radius 1 is 1.13 bits per heavy atom. The largest absolute Gasteiger partial charge is 0.497 e. The number of rotatable bonds is 10. The molecule has 8 heteroatoms. The molecule has 3 heterocycles. The minimum absolute atomic E-state index is 0.284. The Balaban J connectivity index is 1.10. The third kappa shape index (κ3) is 7.01. The number of hydrogen-bond acceptors (Lipinski definition) is 7. The van der Waals surface area contributed by atoms with Crippen LogP contribution in [0.25, 0.3) is 11.0 Å². The lowest BCUT2D eigenvalue weighted by Gasteiger charge is -2.33. The molecule has 2 aliphatic rings. The summed E-state index contributed by atoms with van der Waals surface area (Å²) in [5.41, 5.74) is 2.20. The molecule has 2 aliphatic heterocycles. The third-order valence-electron chi connectivity index (χ3n) is 7.71. The van der Waals surface area contributed by atoms with Gasteiger partial charge in [0.15, 0.2) is 0 Å². The van der Waals surface area contributed by atoms with Gasteiger partial charge in [0.2, 0.25) is 0 Å². The molecular weight excluding hydrogens is 502 g/mol. The number of benzene rings is 2. The highest BCUT2D eigenvalue weighted by Crippen LogP contribution is 2.29. The van der Waals surface area contributed by atoms with E-state index >= 15 is 0 Å². The van der Waals surface area contributed by atoms with Crippen molar-refractivity contribution in [2.75, 3.05) is 45.2 Å². The highest BCUT2D eigenvalue weighted by Gasteiger charge is 2.21. The predicted octanol–water partition coefficient (Wildman–Crippen LogP) is 5.69. The van der Waals surface area contributed by atoms with Gasteiger partial charge in [0.25, 0.3) is 0 Å². The van der Waals surface area contributed by atoms with Gasteiger partial charge in [-0.25, -0.2) is 4.79 Å². The summed E-state index contributed by atoms with van der Waals surface area (Å²) >= 11 is 6.56. The van der Waals surface area contributed by atoms with Gasteiger partial charge in [-0.3, -0.25) is 4.90 Å². The first-order chi connectivity index (χ1) is 18.6. The van der Waals surface area contributed by atoms with Crippen molar-refractivity contribution < 1.29 is 13.9 Å². The summed E-state index contributed by atoms with van der Waals surface area (Å²) in [4.78, 5) is 14.5. The molecule has 5 rings (SSSR count). The molecule has 0 saturated carbocycles. The van der Waals surface area contributed by atoms with Crippen LogP contribution in [0.5, 0.6) is 11.5 Å². The second-order valence-electron chi connectivity index (χ2n) is 10.5. The van der Waals surface area contributed by atoms with Crippen molar-refractivity contribution in [2.45, 2.75) is 51.1 Å². The zero-order valence-electron chi connectivity index (χ0n) is 22.1. The topological polar surface area (TPSA) is 76.0 Å². The van der Waals surface area contributed by atoms with Crippen LogP contribution in [0.3, 0.4) is 0 Å². The average Bonchev–Trinajstić information content (AvgIpc) is 2.93. The van der Waals surface area contributed by atoms with E-state index in [0.717, 1.165) is 80.5 Å². The lowest BCUT2D eigenvalue weighted by molar-refractivity contribution is 0.211. The molecule has 0 spiro atoms. The minimum atomic E-state index is -0.353. The Morgan fingerprint density at radius 3 is 2.76 bits per heavy atom. The molecule has 7 nitrogen and oxygen atoms in total. The number of nitrogens with one attached hydrogen (secondary N) is 2. The van der Waals surface area contributed by atoms with Gasteiger partial charge in [-0.1, -0.05) is 17.7 Å². The number of methoxy groups -OCH3 is 1. The summed E-state index contributed by atoms with van der Waals surface area (Å²) in [5.74, 6) is 2.28. The van der Waals surface area contributed by atoms with Crippen LogP contribution in [-0.2, 0) is 6.54 Å². The first-order valence-corrected chi connectivity index (χ1v) is 14.2. The molecule has 2 N–H and O–H groups in total. The third-order valence-corrected chi connectivity index (χ3v) is 8.01. The van der Waals surface area contributed by atoms with E-state index in [9.17, 15) is 4.79 Å². The van der Waals surface area contributed by atoms with Gasteiger partial charge in [-0.2, -0.15) is 0 Å². The fourth-order valence-corrected chi connectivity index (χ4v) is 5.84. The van der Waals surface area contributed by atoms with E-state index < -0.39 is 0 Å². The number of hydrogen-bond donors (Lipinski definition) is 2. The normalized spacial score (nSPS) is 18.9. The zero-order chi connectivity index (χ0) is 26.3. The molecule has 2 fully saturated rings. The molecule has 2 saturated heterocycles. The smallest absolute Gasteiger partial charge is 0.338 e. The summed E-state index contributed by atoms with van der Waals surface area (Å²) in [7, 11) is 1.63. The highest BCUT2D eigenvalue weighted by molar-refractivity contribution is 6.32. The van der Waals surface area contributed by atoms with E-state index in [-0.39, 0.29) is 11.7 Å². The number of ether oxygens (including phenoxy) is 2. The van der Waals surface area contributed by atoms with E-state index in [0.29, 0.717) is 17.2 Å². The molecule has 204 valence electrons. The number of piperidine rings is 2. The molecule has 0 aliphatic carbocycles. The highest BCUT2D eigenvalue weighted by atomic mass is 35.5. The van der Waals surface area contributed by atoms with E-state index in [1.165, 1.54) is 30.9 Å². The van der Waals surface area contributed by atoms with E-state index in [1.807, 2.05) is 18.2 Å². The first kappa shape index (κ1) is 26.9. The van der Waals surface area contributed by atoms with Gasteiger partial charge in [-0.15, -0.1) is 0 Å². The summed E-state index contributed by atoms with van der Waals surface area (Å²) in [6, 6.07) is 13.5. The van der Waals surface area contributed by atoms with Crippen LogP contribution in [0.4, 0.5) is 5.69 Å². The van der Waals surface area contributed by atoms with Crippen LogP contribution in [0.1, 0.15) is 44.1 Å². The Labute approximate surface area is 229 Å². The number of halogens is 1. The van der Waals surface area contributed by atoms with Gasteiger partial charge >= 0.3 is 5.63 Å². The number of fused-ring (bicyclic) bond motifs is 1. The van der Waals surface area contributed by atoms with Gasteiger partial charge in [0.1, 0.15) is 17.1 Å². The van der Waals surface area contributed by atoms with Gasteiger partial charge < -0.3 is 24.5 Å². The monoisotopic (exact) mass is 539 g/mol. The summed E-state index contributed by atoms with van der Waals surface area (Å²) in [6.07, 6.45) is 6.84. The Bertz CT molecular complexity index is 1270. The number of nitrogens with zero attached hydrogens (tertiary/aromatic N) is 1. The van der Waals surface area contributed by atoms with Gasteiger partial charge in [0, 0.05) is 37.1 Å². The van der Waals surface area contributed by atoms with Crippen molar-refractivity contribution in [2.24, 2.45) is 5.92 Å². The summed E-state index contributed by atoms with van der Waals surface area (Å²) < 4.78 is 16.7. The Kier molecular flexibility index (Phi) is 9.10. The molecule has 0 amide bonds. The lowest BCUT2D eigenvalue weighted by Crippen LogP contribution is -2.38. The Morgan fingerprint density at radius 2 is 2.00 bits per heavy atom. The quantitative estimate of drug-likeness (QED) is 0.253. The van der Waals surface area contributed by atoms with Crippen LogP contribution in [0.2, 0.25) is 5.02 Å². The van der Waals surface area contributed by atoms with E-state index in [4.69, 9.17) is 25.5 Å². The number of anilines is 1. The van der Waals surface area contributed by atoms with Gasteiger partial charge in [0.05, 0.1) is 24.4 Å². The fourth-order valence-electron chi connectivity index (χ4n) is 5.59. The maximum absolute atomic E-state index is 12.1. The van der Waals surface area contributed by atoms with Crippen LogP contribution in [0, 0.1) is 5.92 Å². The summed E-state index contributed by atoms with van der Waals surface area (Å²) in [5, 5.41) is 8.60. The summed E-state index contributed by atoms with van der Waals surface area (Å²) in [6.45, 7) is 5.79. The second-order valence-corrected chi connectivity index (χ2v) is 10.9. The van der Waals surface area contributed by atoms with E-state index in [2.05, 4.69) is 21.6 Å². The first-order valence-electron chi connectivity index (χ1n) is 13.8. The van der Waals surface area contributed by atoms with Gasteiger partial charge in [-0.05, 0) is 93.4 Å². The van der Waals surface area contributed by atoms with Crippen molar-refractivity contribution >= 4 is 28.3 Å². The lowest BCUT2D eigenvalue weighted by atomic mass is 9.95. The number of likely N-dealkylation sites (tertiary alicyclic amines) is 1. The molecule has 38 heavy (non-hydrogen) atoms. The van der Waals surface area contributed by atoms with Crippen molar-refractivity contribution in [3.8, 4) is 11.5 Å². The van der Waals surface area contributed by atoms with E-state index in [1.54, 1.807) is 19.2 Å². The molecule has 0 radical (unpaired) electrons. The maximum atomic E-state index is 12.1. The fraction of sp³-hybridized carbons (Fsp3) is 0.500. The Hall–Kier alpha value is -2.74. The van der Waals surface area contributed by atoms with Crippen LogP contribution in [-0.4, -0.2) is 50.8 Å². The predicted molar refractivity (Wildman–Crippen MR) is 153 cm³/mol. The van der Waals surface area contributed by atoms with Crippen molar-refractivity contribution in [1.29, 1.82) is 0 Å². The molecule has 2 aromatic carbocycles. The average molecular weight is 540 g/mol. The molecule has 0 bridgehead atoms. The molecule has 1 atom stereocenters. The maximum Gasteiger partial charge on any atom is 0.338 e. The molecule has 3 aromatic rings. The van der Waals surface area contributed by atoms with Crippen molar-refractivity contribution in [3.05, 3.63) is 63.5 Å². The SMILES string of the molecule is COc1ccc2oc(=O)cc(NC3CCN(Cc4ccc(OCCCC5CCCNC5)c(Cl)c4)CC3)c2c1. The molecule has 1 unspecified atom stereocenters. The second kappa shape index (κ2) is 12.9. The van der Waals surface area contributed by atoms with Crippen LogP contribution in [0.15, 0.2) is 51.7 Å². The molecular formula is C30H38ClN3O4. The molecule has 1 aromatic heterocycles.